The standard InChI is InChI=1S/C19H16ClNO3S/c1-8-18(25-19(21-8)9-2-4-10(20)5-3-9)15-16(22)13-11-6-7-12(24-11)14(13)17(15)23/h2-5,11-15H,6-7H2,1H3/t11-,12+,13+,14-,15?. The minimum absolute atomic E-state index is 0.0385. The van der Waals surface area contributed by atoms with Crippen molar-refractivity contribution in [3.63, 3.8) is 0 Å². The van der Waals surface area contributed by atoms with Crippen LogP contribution in [0.5, 0.6) is 0 Å². The molecule has 3 heterocycles. The van der Waals surface area contributed by atoms with Crippen LogP contribution in [0.4, 0.5) is 0 Å². The van der Waals surface area contributed by atoms with Gasteiger partial charge in [0.05, 0.1) is 29.7 Å². The van der Waals surface area contributed by atoms with Crippen LogP contribution >= 0.6 is 22.9 Å². The number of benzene rings is 1. The third kappa shape index (κ3) is 2.19. The molecule has 25 heavy (non-hydrogen) atoms. The van der Waals surface area contributed by atoms with Crippen LogP contribution in [-0.2, 0) is 14.3 Å². The number of fused-ring (bicyclic) bond motifs is 5. The van der Waals surface area contributed by atoms with Crippen molar-refractivity contribution in [1.82, 2.24) is 4.98 Å². The van der Waals surface area contributed by atoms with E-state index in [0.717, 1.165) is 34.0 Å². The first-order valence-corrected chi connectivity index (χ1v) is 9.70. The van der Waals surface area contributed by atoms with Crippen molar-refractivity contribution >= 4 is 34.5 Å². The molecule has 5 atom stereocenters. The molecule has 0 N–H and O–H groups in total. The van der Waals surface area contributed by atoms with Gasteiger partial charge in [-0.05, 0) is 31.9 Å². The second-order valence-corrected chi connectivity index (χ2v) is 8.52. The van der Waals surface area contributed by atoms with Gasteiger partial charge >= 0.3 is 0 Å². The van der Waals surface area contributed by atoms with Crippen LogP contribution in [0.2, 0.25) is 5.02 Å². The fourth-order valence-electron chi connectivity index (χ4n) is 4.58. The summed E-state index contributed by atoms with van der Waals surface area (Å²) in [5.41, 5.74) is 1.72. The van der Waals surface area contributed by atoms with Crippen LogP contribution in [0.1, 0.15) is 29.3 Å². The molecular formula is C19H16ClNO3S. The summed E-state index contributed by atoms with van der Waals surface area (Å²) in [6.45, 7) is 1.88. The third-order valence-electron chi connectivity index (χ3n) is 5.69. The number of carbonyl (C=O) groups is 2. The van der Waals surface area contributed by atoms with E-state index in [9.17, 15) is 9.59 Å². The molecule has 3 aliphatic rings. The Kier molecular flexibility index (Phi) is 3.43. The van der Waals surface area contributed by atoms with Gasteiger partial charge in [-0.1, -0.05) is 23.7 Å². The summed E-state index contributed by atoms with van der Waals surface area (Å²) < 4.78 is 5.81. The second-order valence-electron chi connectivity index (χ2n) is 7.06. The van der Waals surface area contributed by atoms with Crippen LogP contribution in [0.3, 0.4) is 0 Å². The van der Waals surface area contributed by atoms with E-state index < -0.39 is 5.92 Å². The largest absolute Gasteiger partial charge is 0.373 e. The van der Waals surface area contributed by atoms with Crippen molar-refractivity contribution < 1.29 is 14.3 Å². The predicted octanol–water partition coefficient (Wildman–Crippen LogP) is 3.80. The van der Waals surface area contributed by atoms with E-state index in [1.807, 2.05) is 31.2 Å². The van der Waals surface area contributed by atoms with Gasteiger partial charge in [-0.25, -0.2) is 4.98 Å². The molecule has 2 bridgehead atoms. The predicted molar refractivity (Wildman–Crippen MR) is 94.9 cm³/mol. The van der Waals surface area contributed by atoms with E-state index in [2.05, 4.69) is 4.98 Å². The summed E-state index contributed by atoms with van der Waals surface area (Å²) in [4.78, 5) is 31.4. The van der Waals surface area contributed by atoms with Gasteiger partial charge in [0, 0.05) is 15.5 Å². The van der Waals surface area contributed by atoms with Crippen molar-refractivity contribution in [2.75, 3.05) is 0 Å². The van der Waals surface area contributed by atoms with Crippen molar-refractivity contribution in [1.29, 1.82) is 0 Å². The number of ketones is 2. The van der Waals surface area contributed by atoms with E-state index in [1.165, 1.54) is 11.3 Å². The van der Waals surface area contributed by atoms with Crippen molar-refractivity contribution in [2.45, 2.75) is 37.9 Å². The number of thiazole rings is 1. The molecule has 0 radical (unpaired) electrons. The lowest BCUT2D eigenvalue weighted by Crippen LogP contribution is -2.29. The monoisotopic (exact) mass is 373 g/mol. The molecule has 5 rings (SSSR count). The molecule has 2 aliphatic heterocycles. The highest BCUT2D eigenvalue weighted by molar-refractivity contribution is 7.15. The summed E-state index contributed by atoms with van der Waals surface area (Å²) in [6.07, 6.45) is 1.69. The fraction of sp³-hybridized carbons (Fsp3) is 0.421. The average Bonchev–Trinajstić information content (AvgIpc) is 3.33. The number of aromatic nitrogens is 1. The molecule has 2 aromatic rings. The summed E-state index contributed by atoms with van der Waals surface area (Å²) in [5.74, 6) is -1.05. The van der Waals surface area contributed by atoms with Crippen LogP contribution in [0.25, 0.3) is 10.6 Å². The minimum Gasteiger partial charge on any atom is -0.373 e. The Bertz CT molecular complexity index is 863. The molecule has 1 aromatic heterocycles. The smallest absolute Gasteiger partial charge is 0.155 e. The zero-order valence-electron chi connectivity index (χ0n) is 13.6. The van der Waals surface area contributed by atoms with Gasteiger partial charge < -0.3 is 4.74 Å². The SMILES string of the molecule is Cc1nc(-c2ccc(Cl)cc2)sc1C1C(=O)[C@@H]2[C@H](C1=O)[C@@H]1CC[C@H]2O1. The summed E-state index contributed by atoms with van der Waals surface area (Å²) >= 11 is 7.40. The first kappa shape index (κ1) is 15.7. The Labute approximate surface area is 154 Å². The fourth-order valence-corrected chi connectivity index (χ4v) is 5.89. The molecule has 128 valence electrons. The summed E-state index contributed by atoms with van der Waals surface area (Å²) in [6, 6.07) is 7.45. The molecule has 1 saturated carbocycles. The number of rotatable bonds is 2. The lowest BCUT2D eigenvalue weighted by atomic mass is 9.81. The topological polar surface area (TPSA) is 56.3 Å². The van der Waals surface area contributed by atoms with Crippen LogP contribution in [0.15, 0.2) is 24.3 Å². The molecule has 1 aromatic carbocycles. The van der Waals surface area contributed by atoms with Gasteiger partial charge in [0.15, 0.2) is 11.6 Å². The number of aryl methyl sites for hydroxylation is 1. The van der Waals surface area contributed by atoms with Crippen molar-refractivity contribution in [2.24, 2.45) is 11.8 Å². The maximum Gasteiger partial charge on any atom is 0.155 e. The summed E-state index contributed by atoms with van der Waals surface area (Å²) in [7, 11) is 0. The number of Topliss-reactive ketones (excluding diaryl/α,β-unsaturated/α-hetero) is 2. The van der Waals surface area contributed by atoms with E-state index in [4.69, 9.17) is 16.3 Å². The molecule has 6 heteroatoms. The second kappa shape index (κ2) is 5.47. The normalized spacial score (nSPS) is 33.3. The quantitative estimate of drug-likeness (QED) is 0.751. The molecule has 0 spiro atoms. The first-order valence-electron chi connectivity index (χ1n) is 8.51. The number of hydrogen-bond acceptors (Lipinski definition) is 5. The van der Waals surface area contributed by atoms with Gasteiger partial charge in [0.25, 0.3) is 0 Å². The van der Waals surface area contributed by atoms with Crippen LogP contribution in [0, 0.1) is 18.8 Å². The molecule has 0 amide bonds. The molecular weight excluding hydrogens is 358 g/mol. The zero-order valence-corrected chi connectivity index (χ0v) is 15.1. The minimum atomic E-state index is -0.652. The molecule has 3 fully saturated rings. The zero-order chi connectivity index (χ0) is 17.3. The van der Waals surface area contributed by atoms with Crippen molar-refractivity contribution in [3.8, 4) is 10.6 Å². The highest BCUT2D eigenvalue weighted by Gasteiger charge is 2.63. The molecule has 1 aliphatic carbocycles. The average molecular weight is 374 g/mol. The maximum atomic E-state index is 13.0. The number of nitrogens with zero attached hydrogens (tertiary/aromatic N) is 1. The Morgan fingerprint density at radius 2 is 1.68 bits per heavy atom. The van der Waals surface area contributed by atoms with Gasteiger partial charge in [-0.2, -0.15) is 0 Å². The molecule has 1 unspecified atom stereocenters. The first-order chi connectivity index (χ1) is 12.0. The highest BCUT2D eigenvalue weighted by atomic mass is 35.5. The third-order valence-corrected chi connectivity index (χ3v) is 7.21. The molecule has 4 nitrogen and oxygen atoms in total. The van der Waals surface area contributed by atoms with Crippen LogP contribution in [-0.4, -0.2) is 28.8 Å². The van der Waals surface area contributed by atoms with Crippen molar-refractivity contribution in [3.05, 3.63) is 39.9 Å². The maximum absolute atomic E-state index is 13.0. The Hall–Kier alpha value is -1.56. The van der Waals surface area contributed by atoms with Gasteiger partial charge in [0.1, 0.15) is 10.9 Å². The summed E-state index contributed by atoms with van der Waals surface area (Å²) in [5, 5.41) is 1.49. The van der Waals surface area contributed by atoms with Gasteiger partial charge in [-0.3, -0.25) is 9.59 Å². The Morgan fingerprint density at radius 1 is 1.08 bits per heavy atom. The van der Waals surface area contributed by atoms with E-state index in [1.54, 1.807) is 0 Å². The van der Waals surface area contributed by atoms with Crippen LogP contribution < -0.4 is 0 Å². The Morgan fingerprint density at radius 3 is 2.28 bits per heavy atom. The number of ether oxygens (including phenoxy) is 1. The van der Waals surface area contributed by atoms with E-state index >= 15 is 0 Å². The van der Waals surface area contributed by atoms with Gasteiger partial charge in [0.2, 0.25) is 0 Å². The highest BCUT2D eigenvalue weighted by Crippen LogP contribution is 2.53. The lowest BCUT2D eigenvalue weighted by Gasteiger charge is -2.16. The Balaban J connectivity index is 1.53. The van der Waals surface area contributed by atoms with E-state index in [-0.39, 0.29) is 35.6 Å². The van der Waals surface area contributed by atoms with E-state index in [0.29, 0.717) is 5.02 Å². The number of hydrogen-bond donors (Lipinski definition) is 0. The number of carbonyl (C=O) groups excluding carboxylic acids is 2. The lowest BCUT2D eigenvalue weighted by molar-refractivity contribution is -0.127. The molecule has 2 saturated heterocycles. The van der Waals surface area contributed by atoms with Gasteiger partial charge in [-0.15, -0.1) is 11.3 Å². The number of halogens is 1.